The van der Waals surface area contributed by atoms with Crippen molar-refractivity contribution in [3.63, 3.8) is 0 Å². The number of nitrogens with two attached hydrogens (primary N) is 1. The van der Waals surface area contributed by atoms with E-state index in [9.17, 15) is 9.59 Å². The van der Waals surface area contributed by atoms with Crippen LogP contribution in [0.3, 0.4) is 0 Å². The molecule has 0 radical (unpaired) electrons. The molecule has 2 N–H and O–H groups in total. The molecular formula is C18H19N3O2S2. The molecule has 0 spiro atoms. The fraction of sp³-hybridized carbons (Fsp3) is 0.278. The van der Waals surface area contributed by atoms with E-state index in [1.165, 1.54) is 23.1 Å². The van der Waals surface area contributed by atoms with Gasteiger partial charge in [-0.1, -0.05) is 49.0 Å². The number of aryl methyl sites for hydroxylation is 2. The van der Waals surface area contributed by atoms with Crippen molar-refractivity contribution < 1.29 is 4.79 Å². The highest BCUT2D eigenvalue weighted by molar-refractivity contribution is 7.99. The Morgan fingerprint density at radius 1 is 1.32 bits per heavy atom. The number of hydrogen-bond donors (Lipinski definition) is 1. The third-order valence-electron chi connectivity index (χ3n) is 3.83. The summed E-state index contributed by atoms with van der Waals surface area (Å²) in [7, 11) is 0. The van der Waals surface area contributed by atoms with Gasteiger partial charge in [0.15, 0.2) is 5.16 Å². The predicted octanol–water partition coefficient (Wildman–Crippen LogP) is 2.84. The highest BCUT2D eigenvalue weighted by atomic mass is 32.2. The fourth-order valence-electron chi connectivity index (χ4n) is 2.55. The van der Waals surface area contributed by atoms with E-state index in [1.54, 1.807) is 4.57 Å². The quantitative estimate of drug-likeness (QED) is 0.510. The lowest BCUT2D eigenvalue weighted by Crippen LogP contribution is -2.24. The van der Waals surface area contributed by atoms with Crippen LogP contribution in [0.25, 0.3) is 10.2 Å². The van der Waals surface area contributed by atoms with E-state index >= 15 is 0 Å². The van der Waals surface area contributed by atoms with Crippen molar-refractivity contribution in [1.82, 2.24) is 9.55 Å². The molecule has 3 rings (SSSR count). The molecule has 0 bridgehead atoms. The van der Waals surface area contributed by atoms with E-state index in [4.69, 9.17) is 5.73 Å². The van der Waals surface area contributed by atoms with Crippen molar-refractivity contribution in [2.45, 2.75) is 31.5 Å². The topological polar surface area (TPSA) is 78.0 Å². The second-order valence-electron chi connectivity index (χ2n) is 5.63. The molecule has 0 aliphatic carbocycles. The first kappa shape index (κ1) is 17.7. The van der Waals surface area contributed by atoms with Gasteiger partial charge in [0.1, 0.15) is 4.83 Å². The summed E-state index contributed by atoms with van der Waals surface area (Å²) in [6.07, 6.45) is 1.59. The van der Waals surface area contributed by atoms with Crippen LogP contribution in [-0.2, 0) is 24.2 Å². The minimum Gasteiger partial charge on any atom is -0.369 e. The van der Waals surface area contributed by atoms with E-state index < -0.39 is 5.91 Å². The van der Waals surface area contributed by atoms with Gasteiger partial charge in [-0.05, 0) is 24.5 Å². The molecule has 1 aromatic carbocycles. The molecule has 0 saturated heterocycles. The Hall–Kier alpha value is -2.12. The Morgan fingerprint density at radius 3 is 2.76 bits per heavy atom. The summed E-state index contributed by atoms with van der Waals surface area (Å²) in [5, 5.41) is 1.20. The Morgan fingerprint density at radius 2 is 2.08 bits per heavy atom. The predicted molar refractivity (Wildman–Crippen MR) is 103 cm³/mol. The van der Waals surface area contributed by atoms with E-state index in [0.29, 0.717) is 17.1 Å². The summed E-state index contributed by atoms with van der Waals surface area (Å²) in [6, 6.07) is 11.9. The molecule has 5 nitrogen and oxygen atoms in total. The Kier molecular flexibility index (Phi) is 5.55. The lowest BCUT2D eigenvalue weighted by molar-refractivity contribution is -0.115. The first-order valence-electron chi connectivity index (χ1n) is 8.06. The molecule has 0 saturated carbocycles. The number of fused-ring (bicyclic) bond motifs is 1. The average Bonchev–Trinajstić information content (AvgIpc) is 3.03. The Labute approximate surface area is 153 Å². The van der Waals surface area contributed by atoms with Crippen molar-refractivity contribution in [3.8, 4) is 0 Å². The van der Waals surface area contributed by atoms with Crippen molar-refractivity contribution in [2.75, 3.05) is 5.75 Å². The maximum atomic E-state index is 12.9. The summed E-state index contributed by atoms with van der Waals surface area (Å²) in [5.41, 5.74) is 6.36. The number of benzene rings is 1. The van der Waals surface area contributed by atoms with Crippen molar-refractivity contribution >= 4 is 39.2 Å². The molecule has 130 valence electrons. The summed E-state index contributed by atoms with van der Waals surface area (Å²) in [5.74, 6) is -0.315. The van der Waals surface area contributed by atoms with Gasteiger partial charge in [-0.3, -0.25) is 14.2 Å². The molecular weight excluding hydrogens is 354 g/mol. The molecule has 0 unspecified atom stereocenters. The van der Waals surface area contributed by atoms with Crippen molar-refractivity contribution in [3.05, 3.63) is 57.2 Å². The van der Waals surface area contributed by atoms with Crippen LogP contribution in [0.15, 0.2) is 46.3 Å². The lowest BCUT2D eigenvalue weighted by atomic mass is 10.1. The number of aromatic nitrogens is 2. The zero-order chi connectivity index (χ0) is 17.8. The zero-order valence-electron chi connectivity index (χ0n) is 13.9. The van der Waals surface area contributed by atoms with Gasteiger partial charge in [0, 0.05) is 11.4 Å². The van der Waals surface area contributed by atoms with Crippen LogP contribution in [0.5, 0.6) is 0 Å². The third kappa shape index (κ3) is 4.11. The van der Waals surface area contributed by atoms with Gasteiger partial charge in [-0.2, -0.15) is 0 Å². The SMILES string of the molecule is CCc1cc2c(=O)n(CCc3ccccc3)c(SCC(N)=O)nc2s1. The second kappa shape index (κ2) is 7.84. The smallest absolute Gasteiger partial charge is 0.262 e. The van der Waals surface area contributed by atoms with Crippen LogP contribution >= 0.6 is 23.1 Å². The van der Waals surface area contributed by atoms with Crippen LogP contribution in [-0.4, -0.2) is 21.2 Å². The number of amides is 1. The number of nitrogens with zero attached hydrogens (tertiary/aromatic N) is 2. The number of rotatable bonds is 7. The van der Waals surface area contributed by atoms with Gasteiger partial charge in [0.25, 0.3) is 5.56 Å². The summed E-state index contributed by atoms with van der Waals surface area (Å²) in [6.45, 7) is 2.57. The molecule has 3 aromatic rings. The van der Waals surface area contributed by atoms with Gasteiger partial charge < -0.3 is 5.73 Å². The van der Waals surface area contributed by atoms with Gasteiger partial charge in [-0.15, -0.1) is 11.3 Å². The van der Waals surface area contributed by atoms with Crippen LogP contribution < -0.4 is 11.3 Å². The van der Waals surface area contributed by atoms with Crippen LogP contribution in [0.4, 0.5) is 0 Å². The third-order valence-corrected chi connectivity index (χ3v) is 6.00. The molecule has 1 amide bonds. The van der Waals surface area contributed by atoms with Crippen LogP contribution in [0.2, 0.25) is 0 Å². The van der Waals surface area contributed by atoms with Gasteiger partial charge >= 0.3 is 0 Å². The Balaban J connectivity index is 1.99. The molecule has 7 heteroatoms. The fourth-order valence-corrected chi connectivity index (χ4v) is 4.32. The average molecular weight is 374 g/mol. The number of primary amides is 1. The first-order valence-corrected chi connectivity index (χ1v) is 9.87. The molecule has 0 fully saturated rings. The minimum atomic E-state index is -0.422. The standard InChI is InChI=1S/C18H19N3O2S2/c1-2-13-10-14-16(25-13)20-18(24-11-15(19)22)21(17(14)23)9-8-12-6-4-3-5-7-12/h3-7,10H,2,8-9,11H2,1H3,(H2,19,22). The molecule has 2 heterocycles. The second-order valence-corrected chi connectivity index (χ2v) is 7.68. The van der Waals surface area contributed by atoms with Crippen LogP contribution in [0.1, 0.15) is 17.4 Å². The minimum absolute atomic E-state index is 0.0520. The van der Waals surface area contributed by atoms with Gasteiger partial charge in [0.2, 0.25) is 5.91 Å². The monoisotopic (exact) mass is 373 g/mol. The summed E-state index contributed by atoms with van der Waals surface area (Å²) < 4.78 is 1.66. The van der Waals surface area contributed by atoms with E-state index in [1.807, 2.05) is 36.4 Å². The highest BCUT2D eigenvalue weighted by Gasteiger charge is 2.15. The maximum absolute atomic E-state index is 12.9. The van der Waals surface area contributed by atoms with Gasteiger partial charge in [0.05, 0.1) is 11.1 Å². The van der Waals surface area contributed by atoms with Crippen molar-refractivity contribution in [1.29, 1.82) is 0 Å². The van der Waals surface area contributed by atoms with E-state index in [0.717, 1.165) is 28.1 Å². The largest absolute Gasteiger partial charge is 0.369 e. The molecule has 0 aliphatic heterocycles. The lowest BCUT2D eigenvalue weighted by Gasteiger charge is -2.11. The van der Waals surface area contributed by atoms with Crippen LogP contribution in [0, 0.1) is 0 Å². The number of carbonyl (C=O) groups excluding carboxylic acids is 1. The number of thiophene rings is 1. The molecule has 2 aromatic heterocycles. The van der Waals surface area contributed by atoms with E-state index in [-0.39, 0.29) is 11.3 Å². The van der Waals surface area contributed by atoms with Crippen molar-refractivity contribution in [2.24, 2.45) is 5.73 Å². The molecule has 25 heavy (non-hydrogen) atoms. The molecule has 0 atom stereocenters. The number of thioether (sulfide) groups is 1. The summed E-state index contributed by atoms with van der Waals surface area (Å²) >= 11 is 2.75. The Bertz CT molecular complexity index is 948. The summed E-state index contributed by atoms with van der Waals surface area (Å²) in [4.78, 5) is 30.6. The zero-order valence-corrected chi connectivity index (χ0v) is 15.5. The first-order chi connectivity index (χ1) is 12.1. The van der Waals surface area contributed by atoms with Gasteiger partial charge in [-0.25, -0.2) is 4.98 Å². The molecule has 0 aliphatic rings. The highest BCUT2D eigenvalue weighted by Crippen LogP contribution is 2.25. The number of hydrogen-bond acceptors (Lipinski definition) is 5. The van der Waals surface area contributed by atoms with E-state index in [2.05, 4.69) is 11.9 Å². The number of carbonyl (C=O) groups is 1. The maximum Gasteiger partial charge on any atom is 0.262 e. The normalized spacial score (nSPS) is 11.1.